The van der Waals surface area contributed by atoms with Gasteiger partial charge in [0.15, 0.2) is 11.5 Å². The molecule has 0 bridgehead atoms. The zero-order chi connectivity index (χ0) is 19.4. The van der Waals surface area contributed by atoms with Gasteiger partial charge in [-0.1, -0.05) is 18.2 Å². The van der Waals surface area contributed by atoms with Crippen LogP contribution in [-0.4, -0.2) is 45.0 Å². The summed E-state index contributed by atoms with van der Waals surface area (Å²) in [6, 6.07) is 11.5. The number of thioether (sulfide) groups is 1. The van der Waals surface area contributed by atoms with Crippen LogP contribution < -0.4 is 18.9 Å². The average molecular weight is 389 g/mol. The highest BCUT2D eigenvalue weighted by atomic mass is 32.2. The maximum Gasteiger partial charge on any atom is 0.234 e. The number of rotatable bonds is 7. The van der Waals surface area contributed by atoms with E-state index in [9.17, 15) is 4.79 Å². The Morgan fingerprint density at radius 3 is 2.30 bits per heavy atom. The number of carbonyl (C=O) groups excluding carboxylic acids is 1. The van der Waals surface area contributed by atoms with E-state index in [0.29, 0.717) is 29.5 Å². The summed E-state index contributed by atoms with van der Waals surface area (Å²) in [6.45, 7) is 0.456. The maximum absolute atomic E-state index is 12.6. The molecule has 2 aromatic rings. The lowest BCUT2D eigenvalue weighted by molar-refractivity contribution is -0.128. The molecule has 3 rings (SSSR count). The third-order valence-electron chi connectivity index (χ3n) is 4.50. The molecule has 0 spiro atoms. The van der Waals surface area contributed by atoms with Crippen molar-refractivity contribution in [3.8, 4) is 23.0 Å². The molecule has 1 atom stereocenters. The minimum Gasteiger partial charge on any atom is -0.496 e. The Bertz CT molecular complexity index is 826. The van der Waals surface area contributed by atoms with E-state index in [0.717, 1.165) is 16.9 Å². The second-order valence-electron chi connectivity index (χ2n) is 5.92. The lowest BCUT2D eigenvalue weighted by atomic mass is 10.1. The van der Waals surface area contributed by atoms with Gasteiger partial charge in [0.2, 0.25) is 11.7 Å². The lowest BCUT2D eigenvalue weighted by Gasteiger charge is -2.27. The maximum atomic E-state index is 12.6. The van der Waals surface area contributed by atoms with E-state index in [-0.39, 0.29) is 11.3 Å². The molecule has 6 nitrogen and oxygen atoms in total. The van der Waals surface area contributed by atoms with Crippen molar-refractivity contribution in [1.82, 2.24) is 4.90 Å². The minimum atomic E-state index is -0.183. The van der Waals surface area contributed by atoms with E-state index in [1.807, 2.05) is 41.3 Å². The molecule has 1 unspecified atom stereocenters. The molecule has 1 aliphatic heterocycles. The first-order valence-corrected chi connectivity index (χ1v) is 9.51. The van der Waals surface area contributed by atoms with Gasteiger partial charge in [-0.2, -0.15) is 0 Å². The van der Waals surface area contributed by atoms with Crippen molar-refractivity contribution in [3.63, 3.8) is 0 Å². The van der Waals surface area contributed by atoms with E-state index >= 15 is 0 Å². The molecule has 1 heterocycles. The minimum absolute atomic E-state index is 0.0766. The Morgan fingerprint density at radius 2 is 1.63 bits per heavy atom. The van der Waals surface area contributed by atoms with Crippen molar-refractivity contribution >= 4 is 17.7 Å². The summed E-state index contributed by atoms with van der Waals surface area (Å²) in [5, 5.41) is -0.183. The quantitative estimate of drug-likeness (QED) is 0.723. The number of amides is 1. The second-order valence-corrected chi connectivity index (χ2v) is 6.99. The molecule has 1 amide bonds. The van der Waals surface area contributed by atoms with E-state index < -0.39 is 0 Å². The predicted octanol–water partition coefficient (Wildman–Crippen LogP) is 3.50. The average Bonchev–Trinajstić information content (AvgIpc) is 3.07. The molecular weight excluding hydrogens is 366 g/mol. The molecule has 0 radical (unpaired) electrons. The third kappa shape index (κ3) is 3.64. The van der Waals surface area contributed by atoms with Crippen LogP contribution in [0.5, 0.6) is 23.0 Å². The Morgan fingerprint density at radius 1 is 0.926 bits per heavy atom. The Hall–Kier alpha value is -2.54. The van der Waals surface area contributed by atoms with Crippen LogP contribution in [0, 0.1) is 0 Å². The number of hydrogen-bond acceptors (Lipinski definition) is 6. The van der Waals surface area contributed by atoms with Crippen LogP contribution in [0.25, 0.3) is 0 Å². The summed E-state index contributed by atoms with van der Waals surface area (Å²) in [6.07, 6.45) is 0. The number of hydrogen-bond donors (Lipinski definition) is 0. The summed E-state index contributed by atoms with van der Waals surface area (Å²) in [5.74, 6) is 2.94. The van der Waals surface area contributed by atoms with Gasteiger partial charge in [0, 0.05) is 11.1 Å². The number of para-hydroxylation sites is 1. The summed E-state index contributed by atoms with van der Waals surface area (Å²) in [5.41, 5.74) is 1.83. The van der Waals surface area contributed by atoms with Crippen LogP contribution in [0.2, 0.25) is 0 Å². The van der Waals surface area contributed by atoms with E-state index in [4.69, 9.17) is 18.9 Å². The highest BCUT2D eigenvalue weighted by Crippen LogP contribution is 2.49. The summed E-state index contributed by atoms with van der Waals surface area (Å²) < 4.78 is 21.9. The highest BCUT2D eigenvalue weighted by Gasteiger charge is 2.36. The molecule has 7 heteroatoms. The third-order valence-corrected chi connectivity index (χ3v) is 5.74. The van der Waals surface area contributed by atoms with Gasteiger partial charge in [0.1, 0.15) is 11.1 Å². The first-order valence-electron chi connectivity index (χ1n) is 8.46. The first-order chi connectivity index (χ1) is 13.1. The molecule has 0 saturated carbocycles. The Balaban J connectivity index is 1.99. The van der Waals surface area contributed by atoms with Crippen LogP contribution in [-0.2, 0) is 11.3 Å². The van der Waals surface area contributed by atoms with Crippen molar-refractivity contribution < 1.29 is 23.7 Å². The van der Waals surface area contributed by atoms with Gasteiger partial charge in [-0.15, -0.1) is 11.8 Å². The normalized spacial score (nSPS) is 16.4. The van der Waals surface area contributed by atoms with Gasteiger partial charge in [-0.25, -0.2) is 0 Å². The number of carbonyl (C=O) groups is 1. The SMILES string of the molecule is COc1ccccc1CN1C(=O)CSC1c1ccc(OC)c(OC)c1OC. The standard InChI is InChI=1S/C20H23NO5S/c1-23-15-8-6-5-7-13(15)11-21-17(22)12-27-20(21)14-9-10-16(24-2)19(26-4)18(14)25-3/h5-10,20H,11-12H2,1-4H3. The molecule has 1 fully saturated rings. The van der Waals surface area contributed by atoms with Gasteiger partial charge in [0.05, 0.1) is 40.7 Å². The summed E-state index contributed by atoms with van der Waals surface area (Å²) in [7, 11) is 6.38. The lowest BCUT2D eigenvalue weighted by Crippen LogP contribution is -2.28. The molecule has 1 saturated heterocycles. The van der Waals surface area contributed by atoms with Gasteiger partial charge < -0.3 is 23.8 Å². The summed E-state index contributed by atoms with van der Waals surface area (Å²) in [4.78, 5) is 14.4. The molecule has 2 aromatic carbocycles. The fourth-order valence-electron chi connectivity index (χ4n) is 3.22. The zero-order valence-electron chi connectivity index (χ0n) is 15.9. The number of methoxy groups -OCH3 is 4. The molecule has 144 valence electrons. The molecular formula is C20H23NO5S. The van der Waals surface area contributed by atoms with Crippen molar-refractivity contribution in [2.24, 2.45) is 0 Å². The largest absolute Gasteiger partial charge is 0.496 e. The Kier molecular flexibility index (Phi) is 6.01. The number of nitrogens with zero attached hydrogens (tertiary/aromatic N) is 1. The molecule has 0 N–H and O–H groups in total. The van der Waals surface area contributed by atoms with E-state index in [1.54, 1.807) is 40.2 Å². The van der Waals surface area contributed by atoms with Crippen LogP contribution in [0.1, 0.15) is 16.5 Å². The zero-order valence-corrected chi connectivity index (χ0v) is 16.7. The predicted molar refractivity (Wildman–Crippen MR) is 105 cm³/mol. The van der Waals surface area contributed by atoms with Crippen LogP contribution in [0.15, 0.2) is 36.4 Å². The fraction of sp³-hybridized carbons (Fsp3) is 0.350. The molecule has 1 aliphatic rings. The second kappa shape index (κ2) is 8.43. The van der Waals surface area contributed by atoms with Gasteiger partial charge >= 0.3 is 0 Å². The van der Waals surface area contributed by atoms with Gasteiger partial charge in [-0.3, -0.25) is 4.79 Å². The van der Waals surface area contributed by atoms with Crippen molar-refractivity contribution in [2.45, 2.75) is 11.9 Å². The number of benzene rings is 2. The van der Waals surface area contributed by atoms with E-state index in [1.165, 1.54) is 0 Å². The van der Waals surface area contributed by atoms with Gasteiger partial charge in [-0.05, 0) is 18.2 Å². The van der Waals surface area contributed by atoms with Crippen molar-refractivity contribution in [2.75, 3.05) is 34.2 Å². The summed E-state index contributed by atoms with van der Waals surface area (Å²) >= 11 is 1.57. The topological polar surface area (TPSA) is 57.2 Å². The van der Waals surface area contributed by atoms with Crippen molar-refractivity contribution in [1.29, 1.82) is 0 Å². The molecule has 27 heavy (non-hydrogen) atoms. The Labute approximate surface area is 163 Å². The van der Waals surface area contributed by atoms with Crippen LogP contribution >= 0.6 is 11.8 Å². The molecule has 0 aliphatic carbocycles. The van der Waals surface area contributed by atoms with E-state index in [2.05, 4.69) is 0 Å². The fourth-order valence-corrected chi connectivity index (χ4v) is 4.42. The monoisotopic (exact) mass is 389 g/mol. The van der Waals surface area contributed by atoms with Gasteiger partial charge in [0.25, 0.3) is 0 Å². The smallest absolute Gasteiger partial charge is 0.234 e. The van der Waals surface area contributed by atoms with Crippen LogP contribution in [0.3, 0.4) is 0 Å². The first kappa shape index (κ1) is 19.2. The van der Waals surface area contributed by atoms with Crippen molar-refractivity contribution in [3.05, 3.63) is 47.5 Å². The van der Waals surface area contributed by atoms with Crippen LogP contribution in [0.4, 0.5) is 0 Å². The highest BCUT2D eigenvalue weighted by molar-refractivity contribution is 8.00. The molecule has 0 aromatic heterocycles. The number of ether oxygens (including phenoxy) is 4.